The molecule has 0 radical (unpaired) electrons. The molecule has 0 aliphatic rings. The zero-order valence-electron chi connectivity index (χ0n) is 33.6. The van der Waals surface area contributed by atoms with E-state index in [0.717, 1.165) is 77.7 Å². The van der Waals surface area contributed by atoms with Crippen LogP contribution in [-0.4, -0.2) is 19.9 Å². The van der Waals surface area contributed by atoms with E-state index < -0.39 is 0 Å². The number of hydrogen-bond acceptors (Lipinski definition) is 7. The summed E-state index contributed by atoms with van der Waals surface area (Å²) in [6.45, 7) is 0. The monoisotopic (exact) mass is 807 g/mol. The molecule has 294 valence electrons. The summed E-state index contributed by atoms with van der Waals surface area (Å²) in [5, 5.41) is 11.1. The molecule has 0 aliphatic carbocycles. The molecule has 13 aromatic rings. The number of nitrogens with zero attached hydrogens (tertiary/aromatic N) is 5. The summed E-state index contributed by atoms with van der Waals surface area (Å²) in [7, 11) is 0. The zero-order chi connectivity index (χ0) is 41.4. The smallest absolute Gasteiger partial charge is 0.230 e. The van der Waals surface area contributed by atoms with Crippen LogP contribution in [-0.2, 0) is 0 Å². The maximum absolute atomic E-state index is 6.10. The average molecular weight is 808 g/mol. The molecule has 0 N–H and O–H groups in total. The first-order chi connectivity index (χ1) is 31.2. The van der Waals surface area contributed by atoms with Crippen molar-refractivity contribution in [3.63, 3.8) is 0 Å². The first-order valence-corrected chi connectivity index (χ1v) is 20.9. The highest BCUT2D eigenvalue weighted by molar-refractivity contribution is 6.12. The number of para-hydroxylation sites is 2. The maximum atomic E-state index is 6.10. The van der Waals surface area contributed by atoms with Gasteiger partial charge in [0.25, 0.3) is 0 Å². The highest BCUT2D eigenvalue weighted by atomic mass is 16.3. The Labute approximate surface area is 360 Å². The van der Waals surface area contributed by atoms with Crippen molar-refractivity contribution in [2.45, 2.75) is 0 Å². The fourth-order valence-corrected chi connectivity index (χ4v) is 9.28. The van der Waals surface area contributed by atoms with Gasteiger partial charge in [0.1, 0.15) is 23.8 Å². The molecule has 0 fully saturated rings. The Morgan fingerprint density at radius 3 is 1.37 bits per heavy atom. The van der Waals surface area contributed by atoms with Crippen molar-refractivity contribution in [2.24, 2.45) is 0 Å². The number of furan rings is 2. The molecule has 0 atom stereocenters. The van der Waals surface area contributed by atoms with Gasteiger partial charge in [-0.3, -0.25) is 0 Å². The van der Waals surface area contributed by atoms with Crippen molar-refractivity contribution in [1.29, 1.82) is 0 Å². The lowest BCUT2D eigenvalue weighted by molar-refractivity contribution is 0.652. The van der Waals surface area contributed by atoms with Gasteiger partial charge in [-0.25, -0.2) is 19.9 Å². The third-order valence-electron chi connectivity index (χ3n) is 12.3. The molecule has 63 heavy (non-hydrogen) atoms. The lowest BCUT2D eigenvalue weighted by Gasteiger charge is -2.26. The summed E-state index contributed by atoms with van der Waals surface area (Å²) in [6, 6.07) is 66.4. The van der Waals surface area contributed by atoms with E-state index in [1.165, 1.54) is 38.1 Å². The average Bonchev–Trinajstić information content (AvgIpc) is 3.93. The first kappa shape index (κ1) is 35.1. The highest BCUT2D eigenvalue weighted by Gasteiger charge is 2.19. The van der Waals surface area contributed by atoms with Crippen LogP contribution >= 0.6 is 0 Å². The lowest BCUT2D eigenvalue weighted by Crippen LogP contribution is -2.10. The minimum Gasteiger partial charge on any atom is -0.438 e. The van der Waals surface area contributed by atoms with Crippen LogP contribution in [0.3, 0.4) is 0 Å². The van der Waals surface area contributed by atoms with E-state index >= 15 is 0 Å². The molecule has 0 bridgehead atoms. The minimum absolute atomic E-state index is 0.574. The predicted octanol–water partition coefficient (Wildman–Crippen LogP) is 15.0. The van der Waals surface area contributed by atoms with Gasteiger partial charge in [-0.1, -0.05) is 127 Å². The Balaban J connectivity index is 0.919. The highest BCUT2D eigenvalue weighted by Crippen LogP contribution is 2.42. The Morgan fingerprint density at radius 1 is 0.317 bits per heavy atom. The number of aromatic nitrogens is 4. The third-order valence-corrected chi connectivity index (χ3v) is 12.3. The fraction of sp³-hybridized carbons (Fsp3) is 0. The number of anilines is 3. The van der Waals surface area contributed by atoms with Gasteiger partial charge in [-0.2, -0.15) is 0 Å². The summed E-state index contributed by atoms with van der Waals surface area (Å²) in [5.74, 6) is 0. The SMILES string of the molecule is c1ccc2cc(-c3ccc4c(ccc5cc(N(c6ccc(-c7ncnc8oc9ccccc9c78)cc6)c6ccc(-c7ncnc8oc9ccccc9c78)cc6)ccc54)c3)ccc2c1. The van der Waals surface area contributed by atoms with Crippen molar-refractivity contribution in [2.75, 3.05) is 4.90 Å². The molecular weight excluding hydrogens is 775 g/mol. The van der Waals surface area contributed by atoms with Crippen LogP contribution in [0.4, 0.5) is 17.1 Å². The summed E-state index contributed by atoms with van der Waals surface area (Å²) in [4.78, 5) is 20.7. The second-order valence-corrected chi connectivity index (χ2v) is 15.9. The van der Waals surface area contributed by atoms with Crippen molar-refractivity contribution in [3.05, 3.63) is 201 Å². The van der Waals surface area contributed by atoms with Gasteiger partial charge in [0.05, 0.1) is 22.2 Å². The van der Waals surface area contributed by atoms with E-state index in [1.807, 2.05) is 36.4 Å². The number of rotatable bonds is 6. The minimum atomic E-state index is 0.574. The van der Waals surface area contributed by atoms with E-state index in [4.69, 9.17) is 18.8 Å². The Kier molecular flexibility index (Phi) is 7.77. The molecule has 0 unspecified atom stereocenters. The molecule has 0 amide bonds. The molecule has 4 aromatic heterocycles. The maximum Gasteiger partial charge on any atom is 0.230 e. The van der Waals surface area contributed by atoms with E-state index in [0.29, 0.717) is 11.4 Å². The topological polar surface area (TPSA) is 81.1 Å². The molecular formula is C56H33N5O2. The number of hydrogen-bond donors (Lipinski definition) is 0. The molecule has 13 rings (SSSR count). The van der Waals surface area contributed by atoms with Gasteiger partial charge >= 0.3 is 0 Å². The van der Waals surface area contributed by atoms with Gasteiger partial charge in [-0.15, -0.1) is 0 Å². The molecule has 0 saturated carbocycles. The van der Waals surface area contributed by atoms with Crippen LogP contribution in [0.15, 0.2) is 210 Å². The van der Waals surface area contributed by atoms with E-state index in [-0.39, 0.29) is 0 Å². The number of benzene rings is 9. The summed E-state index contributed by atoms with van der Waals surface area (Å²) < 4.78 is 12.2. The zero-order valence-corrected chi connectivity index (χ0v) is 33.6. The van der Waals surface area contributed by atoms with Crippen LogP contribution in [0.25, 0.3) is 110 Å². The normalized spacial score (nSPS) is 11.8. The van der Waals surface area contributed by atoms with Crippen LogP contribution in [0, 0.1) is 0 Å². The molecule has 0 aliphatic heterocycles. The molecule has 7 heteroatoms. The van der Waals surface area contributed by atoms with Crippen molar-refractivity contribution >= 4 is 93.5 Å². The van der Waals surface area contributed by atoms with Gasteiger partial charge in [0.15, 0.2) is 0 Å². The first-order valence-electron chi connectivity index (χ1n) is 20.9. The third kappa shape index (κ3) is 5.75. The molecule has 9 aromatic carbocycles. The van der Waals surface area contributed by atoms with Gasteiger partial charge in [-0.05, 0) is 104 Å². The second-order valence-electron chi connectivity index (χ2n) is 15.9. The van der Waals surface area contributed by atoms with Gasteiger partial charge in [0.2, 0.25) is 11.4 Å². The summed E-state index contributed by atoms with van der Waals surface area (Å²) in [5.41, 5.74) is 11.8. The van der Waals surface area contributed by atoms with E-state index in [9.17, 15) is 0 Å². The van der Waals surface area contributed by atoms with Gasteiger partial charge in [0, 0.05) is 39.0 Å². The van der Waals surface area contributed by atoms with E-state index in [2.05, 4.69) is 167 Å². The van der Waals surface area contributed by atoms with Crippen LogP contribution < -0.4 is 4.90 Å². The predicted molar refractivity (Wildman–Crippen MR) is 256 cm³/mol. The second kappa shape index (κ2) is 13.9. The summed E-state index contributed by atoms with van der Waals surface area (Å²) in [6.07, 6.45) is 3.14. The number of fused-ring (bicyclic) bond motifs is 10. The molecule has 7 nitrogen and oxygen atoms in total. The lowest BCUT2D eigenvalue weighted by atomic mass is 9.96. The van der Waals surface area contributed by atoms with Crippen LogP contribution in [0.1, 0.15) is 0 Å². The van der Waals surface area contributed by atoms with Crippen molar-refractivity contribution < 1.29 is 8.83 Å². The van der Waals surface area contributed by atoms with Crippen molar-refractivity contribution in [3.8, 4) is 33.6 Å². The van der Waals surface area contributed by atoms with Crippen LogP contribution in [0.2, 0.25) is 0 Å². The molecule has 0 spiro atoms. The molecule has 4 heterocycles. The van der Waals surface area contributed by atoms with Crippen LogP contribution in [0.5, 0.6) is 0 Å². The largest absolute Gasteiger partial charge is 0.438 e. The van der Waals surface area contributed by atoms with Crippen molar-refractivity contribution in [1.82, 2.24) is 19.9 Å². The Hall–Kier alpha value is -8.68. The summed E-state index contributed by atoms with van der Waals surface area (Å²) >= 11 is 0. The van der Waals surface area contributed by atoms with E-state index in [1.54, 1.807) is 12.7 Å². The quantitative estimate of drug-likeness (QED) is 0.155. The Morgan fingerprint density at radius 2 is 0.762 bits per heavy atom. The standard InChI is InChI=1S/C56H33N5O2/c1-2-8-37-29-38(14-13-34(37)7-1)39-21-27-45-40(30-39)15-16-41-31-44(26-28-46(41)45)61(42-22-17-35(18-23-42)53-51-47-9-3-5-11-49(47)62-55(51)59-32-57-53)43-24-19-36(20-25-43)54-52-48-10-4-6-12-50(48)63-56(52)60-33-58-54/h1-33H. The molecule has 0 saturated heterocycles. The fourth-order valence-electron chi connectivity index (χ4n) is 9.28. The van der Waals surface area contributed by atoms with Gasteiger partial charge < -0.3 is 13.7 Å². The Bertz CT molecular complexity index is 3770.